The van der Waals surface area contributed by atoms with Crippen LogP contribution in [0.1, 0.15) is 72.3 Å². The van der Waals surface area contributed by atoms with Crippen LogP contribution in [-0.4, -0.2) is 65.6 Å². The smallest absolute Gasteiger partial charge is 0.404 e. The maximum atomic E-state index is 13.8. The van der Waals surface area contributed by atoms with Crippen LogP contribution in [0.2, 0.25) is 0 Å². The zero-order valence-electron chi connectivity index (χ0n) is 26.0. The zero-order chi connectivity index (χ0) is 31.8. The largest absolute Gasteiger partial charge is 0.481 e. The van der Waals surface area contributed by atoms with E-state index >= 15 is 0 Å². The summed E-state index contributed by atoms with van der Waals surface area (Å²) in [5.41, 5.74) is 3.24. The molecule has 2 heterocycles. The van der Waals surface area contributed by atoms with Gasteiger partial charge in [0, 0.05) is 10.5 Å². The van der Waals surface area contributed by atoms with Crippen molar-refractivity contribution in [1.82, 2.24) is 26.5 Å². The summed E-state index contributed by atoms with van der Waals surface area (Å²) in [5, 5.41) is 20.2. The zero-order valence-corrected chi connectivity index (χ0v) is 27.6. The van der Waals surface area contributed by atoms with Gasteiger partial charge in [0.1, 0.15) is 6.04 Å². The predicted octanol–water partition coefficient (Wildman–Crippen LogP) is 3.41. The number of nitrogens with one attached hydrogen (secondary N) is 4. The minimum absolute atomic E-state index is 0.00498. The number of rotatable bonds is 14. The molecule has 5 fully saturated rings. The second kappa shape index (κ2) is 13.1. The van der Waals surface area contributed by atoms with Crippen molar-refractivity contribution in [2.75, 3.05) is 6.54 Å². The molecular weight excluding hydrogens is 631 g/mol. The summed E-state index contributed by atoms with van der Waals surface area (Å²) in [6.07, 6.45) is 6.14. The van der Waals surface area contributed by atoms with Crippen molar-refractivity contribution in [3.63, 3.8) is 0 Å². The number of carbonyl (C=O) groups excluding carboxylic acids is 2. The summed E-state index contributed by atoms with van der Waals surface area (Å²) in [5.74, 6) is 0.198. The highest BCUT2D eigenvalue weighted by atomic mass is 79.9. The molecule has 2 amide bonds. The normalized spacial score (nSPS) is 29.6. The first-order valence-corrected chi connectivity index (χ1v) is 16.4. The van der Waals surface area contributed by atoms with Gasteiger partial charge in [0.2, 0.25) is 18.1 Å². The van der Waals surface area contributed by atoms with E-state index in [0.29, 0.717) is 37.6 Å². The van der Waals surface area contributed by atoms with Crippen LogP contribution in [0.3, 0.4) is 0 Å². The molecule has 4 N–H and O–H groups in total. The average molecular weight is 675 g/mol. The molecule has 12 nitrogen and oxygen atoms in total. The molecule has 3 saturated carbocycles. The van der Waals surface area contributed by atoms with E-state index < -0.39 is 36.0 Å². The van der Waals surface area contributed by atoms with E-state index in [2.05, 4.69) is 71.9 Å². The first-order valence-electron chi connectivity index (χ1n) is 15.6. The third kappa shape index (κ3) is 6.99. The van der Waals surface area contributed by atoms with Crippen molar-refractivity contribution < 1.29 is 23.9 Å². The molecule has 5 aliphatic rings. The highest BCUT2D eigenvalue weighted by Gasteiger charge is 2.68. The van der Waals surface area contributed by atoms with Gasteiger partial charge in [0.25, 0.3) is 0 Å². The van der Waals surface area contributed by atoms with Gasteiger partial charge in [-0.2, -0.15) is 0 Å². The summed E-state index contributed by atoms with van der Waals surface area (Å²) >= 11 is 3.48. The Morgan fingerprint density at radius 1 is 1.25 bits per heavy atom. The average Bonchev–Trinajstić information content (AvgIpc) is 3.65. The van der Waals surface area contributed by atoms with Gasteiger partial charge < -0.3 is 19.9 Å². The standard InChI is InChI=1S/C30H44BBrN6O6/c1-18(2)15-25(31-43-24-17-20-16-23(29(20,3)4)30(24,5)44-31)35-27(40)22(11-8-14-33-28-36-37(28)38(41)42)34-26(39)13-12-19-9-6-7-10-21(19)32/h6-7,9-10,12-13,18,20,22-25,28,33,36H,8,11,14-17H2,1-5H3,(H,34,39)(H,35,40)/t20-,22-,23-,24+,25-,28?,30-,37?/m0/s1. The van der Waals surface area contributed by atoms with Crippen molar-refractivity contribution >= 4 is 40.9 Å². The Morgan fingerprint density at radius 2 is 2.00 bits per heavy atom. The minimum atomic E-state index is -0.826. The van der Waals surface area contributed by atoms with Crippen LogP contribution in [0.25, 0.3) is 6.08 Å². The Labute approximate surface area is 267 Å². The second-order valence-electron chi connectivity index (χ2n) is 13.7. The number of nitro groups is 1. The van der Waals surface area contributed by atoms with Crippen molar-refractivity contribution in [3.05, 3.63) is 50.5 Å². The fourth-order valence-electron chi connectivity index (χ4n) is 7.28. The van der Waals surface area contributed by atoms with E-state index in [4.69, 9.17) is 9.31 Å². The van der Waals surface area contributed by atoms with Crippen molar-refractivity contribution in [2.24, 2.45) is 23.2 Å². The molecule has 1 aromatic carbocycles. The summed E-state index contributed by atoms with van der Waals surface area (Å²) in [6.45, 7) is 11.4. The Kier molecular flexibility index (Phi) is 9.76. The molecule has 44 heavy (non-hydrogen) atoms. The molecule has 2 aliphatic heterocycles. The number of nitrogens with zero attached hydrogens (tertiary/aromatic N) is 2. The molecule has 240 valence electrons. The number of benzene rings is 1. The Morgan fingerprint density at radius 3 is 2.66 bits per heavy atom. The molecule has 14 heteroatoms. The predicted molar refractivity (Wildman–Crippen MR) is 170 cm³/mol. The van der Waals surface area contributed by atoms with Crippen LogP contribution in [-0.2, 0) is 18.9 Å². The molecule has 3 aliphatic carbocycles. The molecule has 1 aromatic rings. The number of amides is 2. The highest BCUT2D eigenvalue weighted by Crippen LogP contribution is 2.65. The van der Waals surface area contributed by atoms with Gasteiger partial charge >= 0.3 is 7.12 Å². The molecule has 1 unspecified atom stereocenters. The Balaban J connectivity index is 1.25. The molecule has 0 radical (unpaired) electrons. The van der Waals surface area contributed by atoms with Crippen molar-refractivity contribution in [1.29, 1.82) is 0 Å². The van der Waals surface area contributed by atoms with Crippen LogP contribution in [0.4, 0.5) is 0 Å². The van der Waals surface area contributed by atoms with Crippen LogP contribution >= 0.6 is 15.9 Å². The van der Waals surface area contributed by atoms with Crippen LogP contribution in [0.5, 0.6) is 0 Å². The lowest BCUT2D eigenvalue weighted by atomic mass is 9.43. The maximum absolute atomic E-state index is 13.8. The SMILES string of the molecule is CC(C)C[C@H](NC(=O)[C@H](CCCNC1NN1[N+](=O)[O-])NC(=O)C=Cc1ccccc1Br)B1O[C@@H]2C[C@@H]3C[C@@H](C3(C)C)[C@]2(C)O1. The molecule has 7 atom stereocenters. The molecule has 2 bridgehead atoms. The fraction of sp³-hybridized carbons (Fsp3) is 0.667. The monoisotopic (exact) mass is 674 g/mol. The van der Waals surface area contributed by atoms with Crippen LogP contribution in [0.15, 0.2) is 34.8 Å². The number of hydrazine groups is 2. The van der Waals surface area contributed by atoms with E-state index in [9.17, 15) is 19.7 Å². The fourth-order valence-corrected chi connectivity index (χ4v) is 7.69. The maximum Gasteiger partial charge on any atom is 0.481 e. The van der Waals surface area contributed by atoms with Gasteiger partial charge in [-0.05, 0) is 91.6 Å². The van der Waals surface area contributed by atoms with E-state index in [1.54, 1.807) is 6.08 Å². The number of halogens is 1. The first-order chi connectivity index (χ1) is 20.8. The highest BCUT2D eigenvalue weighted by molar-refractivity contribution is 9.10. The molecule has 0 aromatic heterocycles. The van der Waals surface area contributed by atoms with E-state index in [-0.39, 0.29) is 29.3 Å². The molecule has 6 rings (SSSR count). The lowest BCUT2D eigenvalue weighted by Gasteiger charge is -2.64. The Bertz CT molecular complexity index is 1280. The lowest BCUT2D eigenvalue weighted by molar-refractivity contribution is -0.627. The quantitative estimate of drug-likeness (QED) is 0.0580. The Hall–Kier alpha value is -2.52. The number of hydrogen-bond acceptors (Lipinski definition) is 8. The summed E-state index contributed by atoms with van der Waals surface area (Å²) in [4.78, 5) is 37.7. The number of carbonyl (C=O) groups is 2. The van der Waals surface area contributed by atoms with Gasteiger partial charge in [-0.25, -0.2) is 10.1 Å². The van der Waals surface area contributed by atoms with Crippen LogP contribution in [0, 0.1) is 33.3 Å². The summed E-state index contributed by atoms with van der Waals surface area (Å²) < 4.78 is 14.1. The van der Waals surface area contributed by atoms with Gasteiger partial charge in [0.15, 0.2) is 5.03 Å². The van der Waals surface area contributed by atoms with E-state index in [1.165, 1.54) is 6.08 Å². The lowest BCUT2D eigenvalue weighted by Crippen LogP contribution is -2.65. The van der Waals surface area contributed by atoms with Crippen molar-refractivity contribution in [3.8, 4) is 0 Å². The topological polar surface area (TPSA) is 157 Å². The van der Waals surface area contributed by atoms with E-state index in [0.717, 1.165) is 28.0 Å². The summed E-state index contributed by atoms with van der Waals surface area (Å²) in [6, 6.07) is 6.71. The number of hydrogen-bond donors (Lipinski definition) is 4. The second-order valence-corrected chi connectivity index (χ2v) is 14.6. The minimum Gasteiger partial charge on any atom is -0.404 e. The van der Waals surface area contributed by atoms with E-state index in [1.807, 2.05) is 24.3 Å². The third-order valence-corrected chi connectivity index (χ3v) is 10.6. The summed E-state index contributed by atoms with van der Waals surface area (Å²) in [7, 11) is -0.575. The third-order valence-electron chi connectivity index (χ3n) is 9.92. The van der Waals surface area contributed by atoms with Gasteiger partial charge in [0.05, 0.1) is 17.6 Å². The van der Waals surface area contributed by atoms with Gasteiger partial charge in [-0.15, -0.1) is 5.43 Å². The molecular formula is C30H44BBrN6O6. The molecule has 2 saturated heterocycles. The first kappa shape index (κ1) is 32.9. The van der Waals surface area contributed by atoms with Crippen molar-refractivity contribution in [2.45, 2.75) is 96.7 Å². The molecule has 0 spiro atoms. The van der Waals surface area contributed by atoms with Gasteiger partial charge in [-0.1, -0.05) is 61.8 Å². The van der Waals surface area contributed by atoms with Crippen LogP contribution < -0.4 is 21.4 Å². The van der Waals surface area contributed by atoms with Gasteiger partial charge in [-0.3, -0.25) is 14.9 Å².